The zero-order valence-electron chi connectivity index (χ0n) is 19.3. The molecular formula is C24H28N6O3. The molecule has 0 saturated heterocycles. The van der Waals surface area contributed by atoms with Crippen molar-refractivity contribution in [1.29, 1.82) is 0 Å². The highest BCUT2D eigenvalue weighted by Crippen LogP contribution is 2.33. The smallest absolute Gasteiger partial charge is 0.219 e. The summed E-state index contributed by atoms with van der Waals surface area (Å²) in [4.78, 5) is 0. The number of fused-ring (bicyclic) bond motifs is 4. The van der Waals surface area contributed by atoms with Crippen LogP contribution in [0.2, 0.25) is 0 Å². The molecule has 172 valence electrons. The number of hydrogen-bond donors (Lipinski definition) is 2. The van der Waals surface area contributed by atoms with Crippen LogP contribution >= 0.6 is 0 Å². The Hall–Kier alpha value is -3.59. The summed E-state index contributed by atoms with van der Waals surface area (Å²) in [6.07, 6.45) is 6.49. The van der Waals surface area contributed by atoms with Crippen LogP contribution in [0.4, 0.5) is 0 Å². The van der Waals surface area contributed by atoms with Gasteiger partial charge >= 0.3 is 0 Å². The fraction of sp³-hybridized carbons (Fsp3) is 0.375. The predicted octanol–water partition coefficient (Wildman–Crippen LogP) is 3.57. The van der Waals surface area contributed by atoms with E-state index in [-0.39, 0.29) is 0 Å². The van der Waals surface area contributed by atoms with E-state index in [9.17, 15) is 5.11 Å². The second-order valence-corrected chi connectivity index (χ2v) is 9.01. The molecule has 0 spiro atoms. The highest BCUT2D eigenvalue weighted by atomic mass is 16.5. The molecule has 2 bridgehead atoms. The van der Waals surface area contributed by atoms with Crippen molar-refractivity contribution in [3.63, 3.8) is 0 Å². The topological polar surface area (TPSA) is 103 Å². The van der Waals surface area contributed by atoms with Crippen LogP contribution in [0.1, 0.15) is 37.2 Å². The van der Waals surface area contributed by atoms with Crippen molar-refractivity contribution in [2.45, 2.75) is 39.3 Å². The van der Waals surface area contributed by atoms with Gasteiger partial charge in [0.25, 0.3) is 0 Å². The number of benzene rings is 1. The van der Waals surface area contributed by atoms with Crippen LogP contribution in [0.25, 0.3) is 34.2 Å². The van der Waals surface area contributed by atoms with E-state index >= 15 is 0 Å². The largest absolute Gasteiger partial charge is 0.477 e. The number of aliphatic hydroxyl groups is 1. The van der Waals surface area contributed by atoms with Crippen molar-refractivity contribution in [2.24, 2.45) is 7.05 Å². The van der Waals surface area contributed by atoms with Gasteiger partial charge in [-0.2, -0.15) is 15.3 Å². The van der Waals surface area contributed by atoms with Gasteiger partial charge in [0.2, 0.25) is 11.8 Å². The van der Waals surface area contributed by atoms with Gasteiger partial charge in [-0.05, 0) is 50.6 Å². The fourth-order valence-electron chi connectivity index (χ4n) is 4.08. The quantitative estimate of drug-likeness (QED) is 0.486. The molecule has 9 nitrogen and oxygen atoms in total. The standard InChI is InChI=1S/C24H28N6O3/c1-15-17-7-9-21-18-12-16(6-8-20(18)26-27-21)19-13-25-29(4)22(19)32-10-5-11-33-23(17)30(28-15)14-24(2,3)31/h6-9,12-13,31H,5,10-11,14H2,1-4H3,(H,26,27)/b9-7+. The molecule has 2 N–H and O–H groups in total. The van der Waals surface area contributed by atoms with Crippen molar-refractivity contribution >= 4 is 23.1 Å². The van der Waals surface area contributed by atoms with Crippen molar-refractivity contribution < 1.29 is 14.6 Å². The zero-order valence-corrected chi connectivity index (χ0v) is 19.3. The summed E-state index contributed by atoms with van der Waals surface area (Å²) in [7, 11) is 1.87. The van der Waals surface area contributed by atoms with Crippen LogP contribution in [0.5, 0.6) is 11.8 Å². The van der Waals surface area contributed by atoms with Gasteiger partial charge in [0.1, 0.15) is 0 Å². The van der Waals surface area contributed by atoms with E-state index in [0.29, 0.717) is 37.9 Å². The number of nitrogens with zero attached hydrogens (tertiary/aromatic N) is 5. The molecule has 0 saturated carbocycles. The van der Waals surface area contributed by atoms with Crippen molar-refractivity contribution in [1.82, 2.24) is 29.8 Å². The molecule has 1 aliphatic heterocycles. The maximum Gasteiger partial charge on any atom is 0.219 e. The first-order valence-electron chi connectivity index (χ1n) is 11.0. The summed E-state index contributed by atoms with van der Waals surface area (Å²) in [5.41, 5.74) is 4.49. The Kier molecular flexibility index (Phi) is 5.20. The van der Waals surface area contributed by atoms with Crippen molar-refractivity contribution in [2.75, 3.05) is 13.2 Å². The number of H-pyrrole nitrogens is 1. The minimum atomic E-state index is -0.925. The Morgan fingerprint density at radius 2 is 1.94 bits per heavy atom. The van der Waals surface area contributed by atoms with Crippen molar-refractivity contribution in [3.8, 4) is 22.9 Å². The summed E-state index contributed by atoms with van der Waals surface area (Å²) < 4.78 is 15.8. The Morgan fingerprint density at radius 3 is 2.73 bits per heavy atom. The van der Waals surface area contributed by atoms with Crippen LogP contribution in [0, 0.1) is 6.92 Å². The third-order valence-corrected chi connectivity index (χ3v) is 5.62. The summed E-state index contributed by atoms with van der Waals surface area (Å²) in [5.74, 6) is 1.35. The number of aromatic amines is 1. The number of aryl methyl sites for hydroxylation is 2. The first-order valence-corrected chi connectivity index (χ1v) is 11.0. The number of hydrogen-bond acceptors (Lipinski definition) is 6. The highest BCUT2D eigenvalue weighted by molar-refractivity contribution is 5.93. The molecule has 0 atom stereocenters. The molecule has 0 unspecified atom stereocenters. The lowest BCUT2D eigenvalue weighted by molar-refractivity contribution is 0.0538. The van der Waals surface area contributed by atoms with E-state index in [0.717, 1.165) is 39.0 Å². The molecule has 0 aliphatic carbocycles. The van der Waals surface area contributed by atoms with E-state index in [1.165, 1.54) is 0 Å². The minimum Gasteiger partial charge on any atom is -0.477 e. The summed E-state index contributed by atoms with van der Waals surface area (Å²) in [6.45, 7) is 6.71. The average molecular weight is 449 g/mol. The van der Waals surface area contributed by atoms with Gasteiger partial charge < -0.3 is 14.6 Å². The molecule has 33 heavy (non-hydrogen) atoms. The molecule has 4 heterocycles. The van der Waals surface area contributed by atoms with Gasteiger partial charge in [0.15, 0.2) is 0 Å². The third-order valence-electron chi connectivity index (χ3n) is 5.62. The van der Waals surface area contributed by atoms with Crippen LogP contribution < -0.4 is 9.47 Å². The van der Waals surface area contributed by atoms with E-state index in [1.54, 1.807) is 23.2 Å². The van der Waals surface area contributed by atoms with Crippen molar-refractivity contribution in [3.05, 3.63) is 41.3 Å². The average Bonchev–Trinajstić information content (AvgIpc) is 3.40. The molecule has 5 rings (SSSR count). The molecule has 0 amide bonds. The number of nitrogens with one attached hydrogen (secondary N) is 1. The zero-order chi connectivity index (χ0) is 23.2. The lowest BCUT2D eigenvalue weighted by Crippen LogP contribution is -2.27. The minimum absolute atomic E-state index is 0.322. The van der Waals surface area contributed by atoms with E-state index in [2.05, 4.69) is 26.5 Å². The maximum absolute atomic E-state index is 10.4. The fourth-order valence-corrected chi connectivity index (χ4v) is 4.08. The Balaban J connectivity index is 1.63. The lowest BCUT2D eigenvalue weighted by Gasteiger charge is -2.19. The monoisotopic (exact) mass is 448 g/mol. The second-order valence-electron chi connectivity index (χ2n) is 9.01. The lowest BCUT2D eigenvalue weighted by atomic mass is 10.1. The van der Waals surface area contributed by atoms with Gasteiger partial charge in [0, 0.05) is 18.9 Å². The van der Waals surface area contributed by atoms with Crippen LogP contribution in [-0.2, 0) is 13.6 Å². The maximum atomic E-state index is 10.4. The van der Waals surface area contributed by atoms with Gasteiger partial charge in [-0.25, -0.2) is 9.36 Å². The molecule has 1 aromatic carbocycles. The highest BCUT2D eigenvalue weighted by Gasteiger charge is 2.22. The van der Waals surface area contributed by atoms with Gasteiger partial charge in [-0.1, -0.05) is 6.07 Å². The number of aromatic nitrogens is 6. The normalized spacial score (nSPS) is 15.3. The van der Waals surface area contributed by atoms with Crippen LogP contribution in [-0.4, -0.2) is 53.7 Å². The molecule has 1 aliphatic rings. The van der Waals surface area contributed by atoms with Gasteiger partial charge in [0.05, 0.1) is 59.6 Å². The summed E-state index contributed by atoms with van der Waals surface area (Å²) >= 11 is 0. The van der Waals surface area contributed by atoms with Gasteiger partial charge in [-0.15, -0.1) is 0 Å². The first kappa shape index (κ1) is 21.3. The molecule has 9 heteroatoms. The second kappa shape index (κ2) is 8.08. The van der Waals surface area contributed by atoms with Crippen LogP contribution in [0.15, 0.2) is 24.4 Å². The van der Waals surface area contributed by atoms with E-state index in [4.69, 9.17) is 9.47 Å². The van der Waals surface area contributed by atoms with E-state index in [1.807, 2.05) is 44.5 Å². The van der Waals surface area contributed by atoms with Crippen LogP contribution in [0.3, 0.4) is 0 Å². The Labute approximate surface area is 191 Å². The van der Waals surface area contributed by atoms with Gasteiger partial charge in [-0.3, -0.25) is 5.10 Å². The number of ether oxygens (including phenoxy) is 2. The van der Waals surface area contributed by atoms with E-state index < -0.39 is 5.60 Å². The third kappa shape index (κ3) is 4.11. The molecular weight excluding hydrogens is 420 g/mol. The molecule has 3 aromatic heterocycles. The SMILES string of the molecule is Cc1nn(CC(C)(C)O)c2c1/C=C/c1[nH]nc3ccc(cc13)-c1cnn(C)c1OCCCO2. The predicted molar refractivity (Wildman–Crippen MR) is 126 cm³/mol. The summed E-state index contributed by atoms with van der Waals surface area (Å²) in [6, 6.07) is 6.13. The summed E-state index contributed by atoms with van der Waals surface area (Å²) in [5, 5.41) is 28.0. The Bertz CT molecular complexity index is 1340. The molecule has 0 radical (unpaired) electrons. The molecule has 0 fully saturated rings. The number of rotatable bonds is 2. The molecule has 4 aromatic rings. The Morgan fingerprint density at radius 1 is 1.15 bits per heavy atom. The first-order chi connectivity index (χ1) is 15.8.